The molecular formula is C23H27ClN2O5. The Labute approximate surface area is 186 Å². The Bertz CT molecular complexity index is 1050. The summed E-state index contributed by atoms with van der Waals surface area (Å²) in [7, 11) is 1.66. The molecule has 0 aliphatic carbocycles. The molecule has 8 heteroatoms. The van der Waals surface area contributed by atoms with Gasteiger partial charge in [0.25, 0.3) is 0 Å². The average molecular weight is 447 g/mol. The summed E-state index contributed by atoms with van der Waals surface area (Å²) in [5.41, 5.74) is 2.36. The monoisotopic (exact) mass is 446 g/mol. The van der Waals surface area contributed by atoms with Crippen molar-refractivity contribution in [3.05, 3.63) is 50.8 Å². The van der Waals surface area contributed by atoms with Gasteiger partial charge in [0.2, 0.25) is 0 Å². The number of carbonyl (C=O) groups is 1. The Morgan fingerprint density at radius 2 is 2.03 bits per heavy atom. The van der Waals surface area contributed by atoms with Crippen LogP contribution in [0.2, 0.25) is 5.02 Å². The van der Waals surface area contributed by atoms with Crippen LogP contribution in [-0.4, -0.2) is 43.6 Å². The molecule has 0 bridgehead atoms. The minimum Gasteiger partial charge on any atom is -0.492 e. The zero-order valence-electron chi connectivity index (χ0n) is 18.0. The van der Waals surface area contributed by atoms with E-state index in [4.69, 9.17) is 25.8 Å². The van der Waals surface area contributed by atoms with Crippen LogP contribution in [0.1, 0.15) is 55.1 Å². The fourth-order valence-electron chi connectivity index (χ4n) is 4.47. The number of esters is 1. The quantitative estimate of drug-likeness (QED) is 0.474. The van der Waals surface area contributed by atoms with Crippen LogP contribution in [0.3, 0.4) is 0 Å². The van der Waals surface area contributed by atoms with Crippen molar-refractivity contribution in [1.82, 2.24) is 4.68 Å². The molecule has 3 heterocycles. The van der Waals surface area contributed by atoms with E-state index < -0.39 is 5.97 Å². The number of benzene rings is 1. The van der Waals surface area contributed by atoms with E-state index in [-0.39, 0.29) is 29.7 Å². The predicted molar refractivity (Wildman–Crippen MR) is 119 cm³/mol. The Hall–Kier alpha value is -2.51. The molecular weight excluding hydrogens is 420 g/mol. The summed E-state index contributed by atoms with van der Waals surface area (Å²) in [5.74, 6) is 0.0322. The number of hydrogen-bond donors (Lipinski definition) is 0. The topological polar surface area (TPSA) is 70.0 Å². The molecule has 2 aromatic rings. The van der Waals surface area contributed by atoms with Gasteiger partial charge in [-0.1, -0.05) is 11.6 Å². The van der Waals surface area contributed by atoms with Gasteiger partial charge < -0.3 is 19.2 Å². The molecule has 1 aromatic carbocycles. The number of ether oxygens (including phenoxy) is 3. The van der Waals surface area contributed by atoms with Gasteiger partial charge in [0.15, 0.2) is 5.43 Å². The van der Waals surface area contributed by atoms with Gasteiger partial charge in [0.05, 0.1) is 30.0 Å². The molecule has 1 saturated heterocycles. The van der Waals surface area contributed by atoms with E-state index >= 15 is 0 Å². The Kier molecular flexibility index (Phi) is 6.25. The lowest BCUT2D eigenvalue weighted by molar-refractivity contribution is 0.0523. The van der Waals surface area contributed by atoms with Gasteiger partial charge in [0, 0.05) is 44.0 Å². The average Bonchev–Trinajstić information content (AvgIpc) is 3.13. The second-order valence-corrected chi connectivity index (χ2v) is 8.30. The van der Waals surface area contributed by atoms with Crippen molar-refractivity contribution < 1.29 is 19.0 Å². The summed E-state index contributed by atoms with van der Waals surface area (Å²) >= 11 is 6.54. The number of rotatable bonds is 7. The first-order valence-electron chi connectivity index (χ1n) is 10.6. The van der Waals surface area contributed by atoms with Gasteiger partial charge in [0.1, 0.15) is 11.3 Å². The maximum Gasteiger partial charge on any atom is 0.343 e. The van der Waals surface area contributed by atoms with E-state index in [0.717, 1.165) is 30.4 Å². The third-order valence-corrected chi connectivity index (χ3v) is 6.19. The summed E-state index contributed by atoms with van der Waals surface area (Å²) in [5, 5.41) is 2.71. The molecule has 1 fully saturated rings. The van der Waals surface area contributed by atoms with E-state index in [0.29, 0.717) is 29.7 Å². The van der Waals surface area contributed by atoms with Crippen molar-refractivity contribution in [3.8, 4) is 17.0 Å². The lowest BCUT2D eigenvalue weighted by Crippen LogP contribution is -2.43. The number of pyridine rings is 1. The van der Waals surface area contributed by atoms with Crippen LogP contribution < -0.4 is 15.2 Å². The minimum atomic E-state index is -0.602. The number of hydrogen-bond acceptors (Lipinski definition) is 6. The molecule has 0 N–H and O–H groups in total. The van der Waals surface area contributed by atoms with Crippen LogP contribution >= 0.6 is 11.6 Å². The first-order valence-corrected chi connectivity index (χ1v) is 11.0. The number of aromatic nitrogens is 1. The smallest absolute Gasteiger partial charge is 0.343 e. The lowest BCUT2D eigenvalue weighted by Gasteiger charge is -2.40. The number of fused-ring (bicyclic) bond motifs is 6. The van der Waals surface area contributed by atoms with Crippen molar-refractivity contribution in [3.63, 3.8) is 0 Å². The first kappa shape index (κ1) is 21.7. The standard InChI is InChI=1S/C23H27ClN2O5/c1-4-30-23(28)17-13-25-20(12-21(17)27)15-10-18(24)22(31-9-5-8-29-3)11-16(15)19-7-6-14(2)26(19)25/h10-14,19H,4-9H2,1-3H3/t14-,19?/m0/s1. The van der Waals surface area contributed by atoms with Crippen molar-refractivity contribution in [2.45, 2.75) is 45.2 Å². The molecule has 1 unspecified atom stereocenters. The number of halogens is 1. The van der Waals surface area contributed by atoms with Gasteiger partial charge in [-0.15, -0.1) is 0 Å². The predicted octanol–water partition coefficient (Wildman–Crippen LogP) is 3.94. The maximum absolute atomic E-state index is 12.7. The minimum absolute atomic E-state index is 0.0380. The summed E-state index contributed by atoms with van der Waals surface area (Å²) in [6.07, 6.45) is 4.33. The van der Waals surface area contributed by atoms with Gasteiger partial charge >= 0.3 is 5.97 Å². The highest BCUT2D eigenvalue weighted by Crippen LogP contribution is 2.46. The number of nitrogens with zero attached hydrogens (tertiary/aromatic N) is 2. The zero-order chi connectivity index (χ0) is 22.1. The number of carbonyl (C=O) groups excluding carboxylic acids is 1. The van der Waals surface area contributed by atoms with Crippen LogP contribution in [0.25, 0.3) is 11.3 Å². The van der Waals surface area contributed by atoms with Gasteiger partial charge in [-0.25, -0.2) is 4.79 Å². The molecule has 2 aliphatic rings. The summed E-state index contributed by atoms with van der Waals surface area (Å²) in [4.78, 5) is 25.1. The molecule has 2 aliphatic heterocycles. The fourth-order valence-corrected chi connectivity index (χ4v) is 4.69. The molecule has 0 amide bonds. The highest BCUT2D eigenvalue weighted by molar-refractivity contribution is 6.32. The van der Waals surface area contributed by atoms with Crippen molar-refractivity contribution in [2.75, 3.05) is 31.9 Å². The second-order valence-electron chi connectivity index (χ2n) is 7.89. The van der Waals surface area contributed by atoms with E-state index in [1.807, 2.05) is 16.8 Å². The van der Waals surface area contributed by atoms with Crippen LogP contribution in [0, 0.1) is 0 Å². The first-order chi connectivity index (χ1) is 15.0. The van der Waals surface area contributed by atoms with E-state index in [9.17, 15) is 9.59 Å². The summed E-state index contributed by atoms with van der Waals surface area (Å²) in [6, 6.07) is 5.71. The van der Waals surface area contributed by atoms with Gasteiger partial charge in [-0.2, -0.15) is 0 Å². The fraction of sp³-hybridized carbons (Fsp3) is 0.478. The lowest BCUT2D eigenvalue weighted by atomic mass is 9.94. The summed E-state index contributed by atoms with van der Waals surface area (Å²) in [6.45, 7) is 5.22. The summed E-state index contributed by atoms with van der Waals surface area (Å²) < 4.78 is 18.0. The molecule has 0 saturated carbocycles. The van der Waals surface area contributed by atoms with E-state index in [1.54, 1.807) is 20.2 Å². The van der Waals surface area contributed by atoms with Crippen molar-refractivity contribution >= 4 is 17.6 Å². The van der Waals surface area contributed by atoms with Crippen molar-refractivity contribution in [2.24, 2.45) is 0 Å². The maximum atomic E-state index is 12.7. The molecule has 4 rings (SSSR count). The molecule has 1 aromatic heterocycles. The van der Waals surface area contributed by atoms with Gasteiger partial charge in [-0.05, 0) is 44.4 Å². The second kappa shape index (κ2) is 8.93. The number of methoxy groups -OCH3 is 1. The Balaban J connectivity index is 1.80. The third kappa shape index (κ3) is 3.92. The SMILES string of the molecule is CCOC(=O)c1cn2c(cc1=O)-c1cc(Cl)c(OCCCOC)cc1C1CC[C@H](C)N12. The molecule has 0 spiro atoms. The molecule has 0 radical (unpaired) electrons. The third-order valence-electron chi connectivity index (χ3n) is 5.89. The zero-order valence-corrected chi connectivity index (χ0v) is 18.8. The van der Waals surface area contributed by atoms with Crippen LogP contribution in [0.15, 0.2) is 29.2 Å². The van der Waals surface area contributed by atoms with Crippen LogP contribution in [0.4, 0.5) is 0 Å². The largest absolute Gasteiger partial charge is 0.492 e. The Morgan fingerprint density at radius 1 is 1.23 bits per heavy atom. The van der Waals surface area contributed by atoms with Crippen molar-refractivity contribution in [1.29, 1.82) is 0 Å². The normalized spacial score (nSPS) is 18.9. The van der Waals surface area contributed by atoms with Crippen LogP contribution in [-0.2, 0) is 9.47 Å². The highest BCUT2D eigenvalue weighted by atomic mass is 35.5. The van der Waals surface area contributed by atoms with Gasteiger partial charge in [-0.3, -0.25) is 9.47 Å². The van der Waals surface area contributed by atoms with Crippen LogP contribution in [0.5, 0.6) is 5.75 Å². The Morgan fingerprint density at radius 3 is 2.77 bits per heavy atom. The van der Waals surface area contributed by atoms with E-state index in [1.165, 1.54) is 6.07 Å². The molecule has 7 nitrogen and oxygen atoms in total. The molecule has 31 heavy (non-hydrogen) atoms. The van der Waals surface area contributed by atoms with E-state index in [2.05, 4.69) is 11.9 Å². The molecule has 166 valence electrons. The molecule has 2 atom stereocenters. The highest BCUT2D eigenvalue weighted by Gasteiger charge is 2.39.